The van der Waals surface area contributed by atoms with E-state index in [1.165, 1.54) is 128 Å². The van der Waals surface area contributed by atoms with Gasteiger partial charge in [-0.25, -0.2) is 0 Å². The maximum Gasteiger partial charge on any atom is 0.0607 e. The molecule has 3 fully saturated rings. The number of fused-ring (bicyclic) bond motifs is 3. The van der Waals surface area contributed by atoms with Gasteiger partial charge in [0.15, 0.2) is 0 Å². The molecule has 1 N–H and O–H groups in total. The van der Waals surface area contributed by atoms with Crippen molar-refractivity contribution in [1.82, 2.24) is 0 Å². The zero-order valence-electron chi connectivity index (χ0n) is 20.4. The summed E-state index contributed by atoms with van der Waals surface area (Å²) >= 11 is 0. The molecule has 4 unspecified atom stereocenters. The Bertz CT molecular complexity index is 383. The normalized spacial score (nSPS) is 25.8. The minimum absolute atomic E-state index is 0.0336. The van der Waals surface area contributed by atoms with E-state index in [2.05, 4.69) is 6.92 Å². The fraction of sp³-hybridized carbons (Fsp3) is 1.00. The summed E-state index contributed by atoms with van der Waals surface area (Å²) in [6.07, 6.45) is 30.7. The quantitative estimate of drug-likeness (QED) is 0.199. The standard InChI is InChI=1S/C28H54O2/c1-2-3-4-5-6-7-8-9-10-11-12-13-14-15-16-17-18-19-22-30-28-24-25-20-21-26(28)23-27(25)29/h25-29H,2-24H2,1H3. The maximum absolute atomic E-state index is 10.00. The summed E-state index contributed by atoms with van der Waals surface area (Å²) < 4.78 is 6.18. The van der Waals surface area contributed by atoms with E-state index in [-0.39, 0.29) is 6.10 Å². The number of unbranched alkanes of at least 4 members (excludes halogenated alkanes) is 17. The second kappa shape index (κ2) is 17.5. The van der Waals surface area contributed by atoms with Crippen LogP contribution in [0.2, 0.25) is 0 Å². The first kappa shape index (κ1) is 26.2. The van der Waals surface area contributed by atoms with E-state index in [0.29, 0.717) is 17.9 Å². The van der Waals surface area contributed by atoms with E-state index in [4.69, 9.17) is 4.74 Å². The lowest BCUT2D eigenvalue weighted by atomic mass is 9.67. The van der Waals surface area contributed by atoms with Crippen LogP contribution in [0.4, 0.5) is 0 Å². The molecule has 0 radical (unpaired) electrons. The van der Waals surface area contributed by atoms with E-state index >= 15 is 0 Å². The van der Waals surface area contributed by atoms with Crippen LogP contribution in [0.15, 0.2) is 0 Å². The zero-order chi connectivity index (χ0) is 21.3. The van der Waals surface area contributed by atoms with Crippen LogP contribution < -0.4 is 0 Å². The number of rotatable bonds is 20. The maximum atomic E-state index is 10.00. The van der Waals surface area contributed by atoms with Gasteiger partial charge in [-0.05, 0) is 43.9 Å². The van der Waals surface area contributed by atoms with Gasteiger partial charge in [-0.1, -0.05) is 116 Å². The predicted octanol–water partition coefficient (Wildman–Crippen LogP) is 8.59. The predicted molar refractivity (Wildman–Crippen MR) is 130 cm³/mol. The lowest BCUT2D eigenvalue weighted by Gasteiger charge is -2.45. The van der Waals surface area contributed by atoms with Gasteiger partial charge in [0, 0.05) is 6.61 Å². The van der Waals surface area contributed by atoms with E-state index in [0.717, 1.165) is 19.4 Å². The summed E-state index contributed by atoms with van der Waals surface area (Å²) in [5, 5.41) is 10.00. The van der Waals surface area contributed by atoms with Crippen molar-refractivity contribution >= 4 is 0 Å². The van der Waals surface area contributed by atoms with E-state index in [9.17, 15) is 5.11 Å². The molecule has 3 saturated carbocycles. The second-order valence-electron chi connectivity index (χ2n) is 10.6. The third-order valence-corrected chi connectivity index (χ3v) is 7.89. The minimum Gasteiger partial charge on any atom is -0.393 e. The highest BCUT2D eigenvalue weighted by Crippen LogP contribution is 2.42. The minimum atomic E-state index is -0.0336. The Kier molecular flexibility index (Phi) is 15.2. The molecule has 0 aromatic rings. The summed E-state index contributed by atoms with van der Waals surface area (Å²) in [5.74, 6) is 1.17. The smallest absolute Gasteiger partial charge is 0.0607 e. The molecule has 4 atom stereocenters. The van der Waals surface area contributed by atoms with Gasteiger partial charge in [-0.2, -0.15) is 0 Å². The molecule has 0 aromatic carbocycles. The molecule has 3 aliphatic carbocycles. The molecule has 3 rings (SSSR count). The molecule has 0 aromatic heterocycles. The molecule has 30 heavy (non-hydrogen) atoms. The van der Waals surface area contributed by atoms with Crippen LogP contribution in [-0.4, -0.2) is 23.9 Å². The van der Waals surface area contributed by atoms with Crippen molar-refractivity contribution in [3.8, 4) is 0 Å². The largest absolute Gasteiger partial charge is 0.393 e. The van der Waals surface area contributed by atoms with Crippen LogP contribution in [0.25, 0.3) is 0 Å². The molecule has 2 heteroatoms. The first-order valence-corrected chi connectivity index (χ1v) is 14.1. The molecular formula is C28H54O2. The average Bonchev–Trinajstić information content (AvgIpc) is 2.76. The van der Waals surface area contributed by atoms with Gasteiger partial charge in [0.2, 0.25) is 0 Å². The van der Waals surface area contributed by atoms with Crippen molar-refractivity contribution in [2.24, 2.45) is 11.8 Å². The molecule has 0 amide bonds. The molecule has 2 nitrogen and oxygen atoms in total. The lowest BCUT2D eigenvalue weighted by Crippen LogP contribution is -2.44. The van der Waals surface area contributed by atoms with Gasteiger partial charge in [0.05, 0.1) is 12.2 Å². The van der Waals surface area contributed by atoms with E-state index < -0.39 is 0 Å². The Labute approximate surface area is 188 Å². The number of hydrogen-bond acceptors (Lipinski definition) is 2. The van der Waals surface area contributed by atoms with Gasteiger partial charge in [-0.3, -0.25) is 0 Å². The van der Waals surface area contributed by atoms with Gasteiger partial charge in [0.1, 0.15) is 0 Å². The van der Waals surface area contributed by atoms with Crippen LogP contribution >= 0.6 is 0 Å². The Hall–Kier alpha value is -0.0800. The van der Waals surface area contributed by atoms with Crippen LogP contribution in [0.3, 0.4) is 0 Å². The third kappa shape index (κ3) is 11.5. The van der Waals surface area contributed by atoms with Crippen molar-refractivity contribution in [1.29, 1.82) is 0 Å². The lowest BCUT2D eigenvalue weighted by molar-refractivity contribution is -0.102. The molecule has 0 saturated heterocycles. The molecular weight excluding hydrogens is 368 g/mol. The number of aliphatic hydroxyl groups excluding tert-OH is 1. The van der Waals surface area contributed by atoms with E-state index in [1.807, 2.05) is 0 Å². The molecule has 0 aliphatic heterocycles. The highest BCUT2D eigenvalue weighted by atomic mass is 16.5. The first-order valence-electron chi connectivity index (χ1n) is 14.1. The second-order valence-corrected chi connectivity index (χ2v) is 10.6. The summed E-state index contributed by atoms with van der Waals surface area (Å²) in [4.78, 5) is 0. The molecule has 3 aliphatic rings. The summed E-state index contributed by atoms with van der Waals surface area (Å²) in [7, 11) is 0. The van der Waals surface area contributed by atoms with Crippen LogP contribution in [0, 0.1) is 11.8 Å². The Morgan fingerprint density at radius 3 is 1.40 bits per heavy atom. The highest BCUT2D eigenvalue weighted by molar-refractivity contribution is 4.92. The molecule has 2 bridgehead atoms. The monoisotopic (exact) mass is 422 g/mol. The van der Waals surface area contributed by atoms with Crippen molar-refractivity contribution in [3.63, 3.8) is 0 Å². The van der Waals surface area contributed by atoms with E-state index in [1.54, 1.807) is 0 Å². The number of hydrogen-bond donors (Lipinski definition) is 1. The average molecular weight is 423 g/mol. The third-order valence-electron chi connectivity index (χ3n) is 7.89. The van der Waals surface area contributed by atoms with Crippen molar-refractivity contribution in [2.75, 3.05) is 6.61 Å². The fourth-order valence-corrected chi connectivity index (χ4v) is 5.79. The topological polar surface area (TPSA) is 29.5 Å². The molecule has 0 heterocycles. The Balaban J connectivity index is 1.23. The summed E-state index contributed by atoms with van der Waals surface area (Å²) in [5.41, 5.74) is 0. The Morgan fingerprint density at radius 1 is 0.567 bits per heavy atom. The van der Waals surface area contributed by atoms with Gasteiger partial charge in [0.25, 0.3) is 0 Å². The van der Waals surface area contributed by atoms with Crippen molar-refractivity contribution in [2.45, 2.75) is 160 Å². The fourth-order valence-electron chi connectivity index (χ4n) is 5.79. The van der Waals surface area contributed by atoms with Gasteiger partial charge in [-0.15, -0.1) is 0 Å². The molecule has 0 spiro atoms. The Morgan fingerprint density at radius 2 is 1.00 bits per heavy atom. The number of ether oxygens (including phenoxy) is 1. The number of aliphatic hydroxyl groups is 1. The van der Waals surface area contributed by atoms with Crippen LogP contribution in [0.1, 0.15) is 148 Å². The first-order chi connectivity index (χ1) is 14.8. The van der Waals surface area contributed by atoms with Gasteiger partial charge >= 0.3 is 0 Å². The SMILES string of the molecule is CCCCCCCCCCCCCCCCCCCCOC1CC2CCC1CC2O. The zero-order valence-corrected chi connectivity index (χ0v) is 20.4. The van der Waals surface area contributed by atoms with Gasteiger partial charge < -0.3 is 9.84 Å². The van der Waals surface area contributed by atoms with Crippen LogP contribution in [-0.2, 0) is 4.74 Å². The molecule has 178 valence electrons. The van der Waals surface area contributed by atoms with Crippen molar-refractivity contribution in [3.05, 3.63) is 0 Å². The highest BCUT2D eigenvalue weighted by Gasteiger charge is 2.41. The van der Waals surface area contributed by atoms with Crippen molar-refractivity contribution < 1.29 is 9.84 Å². The van der Waals surface area contributed by atoms with Crippen LogP contribution in [0.5, 0.6) is 0 Å². The summed E-state index contributed by atoms with van der Waals surface area (Å²) in [6.45, 7) is 3.24. The summed E-state index contributed by atoms with van der Waals surface area (Å²) in [6, 6.07) is 0.